The maximum absolute atomic E-state index is 4.27. The zero-order chi connectivity index (χ0) is 8.39. The van der Waals surface area contributed by atoms with Crippen LogP contribution in [-0.4, -0.2) is 16.0 Å². The Morgan fingerprint density at radius 2 is 2.50 bits per heavy atom. The monoisotopic (exact) mass is 165 g/mol. The molecule has 66 valence electrons. The standard InChI is InChI=1S/C9H15N3/c1-2-7-5-11-9(12-7)6-10-8-3-4-8/h5,8,10H,2-4,6H2,1H3,(H,11,12). The van der Waals surface area contributed by atoms with Crippen molar-refractivity contribution in [2.75, 3.05) is 0 Å². The summed E-state index contributed by atoms with van der Waals surface area (Å²) in [4.78, 5) is 7.54. The first-order chi connectivity index (χ1) is 5.88. The van der Waals surface area contributed by atoms with Gasteiger partial charge in [-0.2, -0.15) is 0 Å². The lowest BCUT2D eigenvalue weighted by Gasteiger charge is -1.97. The van der Waals surface area contributed by atoms with Gasteiger partial charge in [-0.05, 0) is 19.3 Å². The van der Waals surface area contributed by atoms with Crippen molar-refractivity contribution in [3.05, 3.63) is 17.7 Å². The number of aromatic amines is 1. The third-order valence-electron chi connectivity index (χ3n) is 2.20. The van der Waals surface area contributed by atoms with E-state index in [2.05, 4.69) is 22.2 Å². The fourth-order valence-corrected chi connectivity index (χ4v) is 1.20. The van der Waals surface area contributed by atoms with Crippen LogP contribution < -0.4 is 5.32 Å². The van der Waals surface area contributed by atoms with Gasteiger partial charge in [0.2, 0.25) is 0 Å². The molecule has 12 heavy (non-hydrogen) atoms. The van der Waals surface area contributed by atoms with E-state index < -0.39 is 0 Å². The molecule has 0 bridgehead atoms. The highest BCUT2D eigenvalue weighted by molar-refractivity contribution is 5.01. The molecule has 1 aliphatic carbocycles. The Balaban J connectivity index is 1.84. The SMILES string of the molecule is CCc1cnc(CNC2CC2)[nH]1. The minimum Gasteiger partial charge on any atom is -0.345 e. The first-order valence-electron chi connectivity index (χ1n) is 4.64. The Morgan fingerprint density at radius 1 is 1.67 bits per heavy atom. The number of aromatic nitrogens is 2. The normalized spacial score (nSPS) is 16.8. The topological polar surface area (TPSA) is 40.7 Å². The van der Waals surface area contributed by atoms with Crippen molar-refractivity contribution in [3.63, 3.8) is 0 Å². The van der Waals surface area contributed by atoms with Crippen LogP contribution in [0.1, 0.15) is 31.3 Å². The summed E-state index contributed by atoms with van der Waals surface area (Å²) >= 11 is 0. The molecular formula is C9H15N3. The van der Waals surface area contributed by atoms with Gasteiger partial charge < -0.3 is 10.3 Å². The summed E-state index contributed by atoms with van der Waals surface area (Å²) in [6, 6.07) is 0.764. The molecule has 0 aromatic carbocycles. The molecule has 3 heteroatoms. The summed E-state index contributed by atoms with van der Waals surface area (Å²) in [5.41, 5.74) is 1.22. The van der Waals surface area contributed by atoms with Gasteiger partial charge in [0.05, 0.1) is 6.54 Å². The predicted molar refractivity (Wildman–Crippen MR) is 47.8 cm³/mol. The lowest BCUT2D eigenvalue weighted by atomic mass is 10.4. The summed E-state index contributed by atoms with van der Waals surface area (Å²) in [5, 5.41) is 3.42. The van der Waals surface area contributed by atoms with Gasteiger partial charge in [0.15, 0.2) is 0 Å². The van der Waals surface area contributed by atoms with Crippen LogP contribution in [0.3, 0.4) is 0 Å². The molecule has 0 spiro atoms. The van der Waals surface area contributed by atoms with E-state index in [9.17, 15) is 0 Å². The second-order valence-corrected chi connectivity index (χ2v) is 3.36. The van der Waals surface area contributed by atoms with Gasteiger partial charge in [-0.15, -0.1) is 0 Å². The zero-order valence-electron chi connectivity index (χ0n) is 7.43. The van der Waals surface area contributed by atoms with Crippen LogP contribution in [0.4, 0.5) is 0 Å². The Morgan fingerprint density at radius 3 is 3.08 bits per heavy atom. The van der Waals surface area contributed by atoms with Crippen molar-refractivity contribution in [1.82, 2.24) is 15.3 Å². The third-order valence-corrected chi connectivity index (χ3v) is 2.20. The van der Waals surface area contributed by atoms with Crippen molar-refractivity contribution in [2.24, 2.45) is 0 Å². The van der Waals surface area contributed by atoms with Crippen LogP contribution >= 0.6 is 0 Å². The predicted octanol–water partition coefficient (Wildman–Crippen LogP) is 1.22. The first-order valence-corrected chi connectivity index (χ1v) is 4.64. The molecule has 2 rings (SSSR count). The van der Waals surface area contributed by atoms with Gasteiger partial charge in [0.25, 0.3) is 0 Å². The van der Waals surface area contributed by atoms with Crippen molar-refractivity contribution < 1.29 is 0 Å². The number of rotatable bonds is 4. The van der Waals surface area contributed by atoms with E-state index in [0.717, 1.165) is 24.8 Å². The summed E-state index contributed by atoms with van der Waals surface area (Å²) in [5.74, 6) is 1.07. The minimum absolute atomic E-state index is 0.764. The number of imidazole rings is 1. The van der Waals surface area contributed by atoms with Crippen LogP contribution in [-0.2, 0) is 13.0 Å². The van der Waals surface area contributed by atoms with Crippen LogP contribution in [0.5, 0.6) is 0 Å². The van der Waals surface area contributed by atoms with Crippen molar-refractivity contribution in [2.45, 2.75) is 38.8 Å². The van der Waals surface area contributed by atoms with Gasteiger partial charge >= 0.3 is 0 Å². The first kappa shape index (κ1) is 7.80. The van der Waals surface area contributed by atoms with Crippen molar-refractivity contribution in [3.8, 4) is 0 Å². The molecule has 1 heterocycles. The van der Waals surface area contributed by atoms with E-state index in [4.69, 9.17) is 0 Å². The van der Waals surface area contributed by atoms with Crippen LogP contribution in [0.25, 0.3) is 0 Å². The average molecular weight is 165 g/mol. The molecule has 3 nitrogen and oxygen atoms in total. The Bertz CT molecular complexity index is 250. The van der Waals surface area contributed by atoms with Crippen molar-refractivity contribution >= 4 is 0 Å². The number of hydrogen-bond donors (Lipinski definition) is 2. The molecule has 1 aliphatic rings. The van der Waals surface area contributed by atoms with E-state index in [0.29, 0.717) is 0 Å². The Kier molecular flexibility index (Phi) is 2.13. The highest BCUT2D eigenvalue weighted by Crippen LogP contribution is 2.18. The summed E-state index contributed by atoms with van der Waals surface area (Å²) < 4.78 is 0. The van der Waals surface area contributed by atoms with Gasteiger partial charge in [-0.25, -0.2) is 4.98 Å². The fourth-order valence-electron chi connectivity index (χ4n) is 1.20. The largest absolute Gasteiger partial charge is 0.345 e. The van der Waals surface area contributed by atoms with E-state index in [1.54, 1.807) is 0 Å². The lowest BCUT2D eigenvalue weighted by molar-refractivity contribution is 0.662. The molecular weight excluding hydrogens is 150 g/mol. The van der Waals surface area contributed by atoms with Gasteiger partial charge in [-0.3, -0.25) is 0 Å². The number of nitrogens with zero attached hydrogens (tertiary/aromatic N) is 1. The van der Waals surface area contributed by atoms with Crippen molar-refractivity contribution in [1.29, 1.82) is 0 Å². The van der Waals surface area contributed by atoms with Gasteiger partial charge in [-0.1, -0.05) is 6.92 Å². The highest BCUT2D eigenvalue weighted by Gasteiger charge is 2.20. The second-order valence-electron chi connectivity index (χ2n) is 3.36. The quantitative estimate of drug-likeness (QED) is 0.704. The molecule has 0 unspecified atom stereocenters. The number of nitrogens with one attached hydrogen (secondary N) is 2. The number of H-pyrrole nitrogens is 1. The summed E-state index contributed by atoms with van der Waals surface area (Å²) in [6.07, 6.45) is 5.63. The second kappa shape index (κ2) is 3.27. The average Bonchev–Trinajstić information content (AvgIpc) is 2.81. The van der Waals surface area contributed by atoms with Gasteiger partial charge in [0, 0.05) is 17.9 Å². The molecule has 2 N–H and O–H groups in total. The smallest absolute Gasteiger partial charge is 0.120 e. The zero-order valence-corrected chi connectivity index (χ0v) is 7.43. The minimum atomic E-state index is 0.764. The fraction of sp³-hybridized carbons (Fsp3) is 0.667. The maximum Gasteiger partial charge on any atom is 0.120 e. The van der Waals surface area contributed by atoms with E-state index in [1.807, 2.05) is 6.20 Å². The number of hydrogen-bond acceptors (Lipinski definition) is 2. The van der Waals surface area contributed by atoms with Gasteiger partial charge in [0.1, 0.15) is 5.82 Å². The molecule has 1 aromatic heterocycles. The van der Waals surface area contributed by atoms with Crippen LogP contribution in [0.15, 0.2) is 6.20 Å². The van der Waals surface area contributed by atoms with E-state index in [-0.39, 0.29) is 0 Å². The van der Waals surface area contributed by atoms with E-state index >= 15 is 0 Å². The van der Waals surface area contributed by atoms with Crippen LogP contribution in [0, 0.1) is 0 Å². The Hall–Kier alpha value is -0.830. The molecule has 1 aromatic rings. The summed E-state index contributed by atoms with van der Waals surface area (Å²) in [7, 11) is 0. The van der Waals surface area contributed by atoms with E-state index in [1.165, 1.54) is 18.5 Å². The molecule has 0 radical (unpaired) electrons. The Labute approximate surface area is 72.6 Å². The summed E-state index contributed by atoms with van der Waals surface area (Å²) in [6.45, 7) is 3.02. The lowest BCUT2D eigenvalue weighted by Crippen LogP contribution is -2.16. The molecule has 0 atom stereocenters. The molecule has 1 fully saturated rings. The molecule has 1 saturated carbocycles. The molecule has 0 aliphatic heterocycles. The maximum atomic E-state index is 4.27. The number of aryl methyl sites for hydroxylation is 1. The van der Waals surface area contributed by atoms with Crippen LogP contribution in [0.2, 0.25) is 0 Å². The molecule has 0 saturated heterocycles. The highest BCUT2D eigenvalue weighted by atomic mass is 15.0. The molecule has 0 amide bonds. The third kappa shape index (κ3) is 1.85.